The highest BCUT2D eigenvalue weighted by Gasteiger charge is 2.20. The molecule has 1 rings (SSSR count). The van der Waals surface area contributed by atoms with Crippen LogP contribution < -0.4 is 0 Å². The van der Waals surface area contributed by atoms with Crippen LogP contribution in [0.2, 0.25) is 0 Å². The summed E-state index contributed by atoms with van der Waals surface area (Å²) in [7, 11) is 0. The van der Waals surface area contributed by atoms with Crippen LogP contribution in [0.4, 0.5) is 8.78 Å². The minimum absolute atomic E-state index is 0.109. The first-order valence-electron chi connectivity index (χ1n) is 6.19. The van der Waals surface area contributed by atoms with Gasteiger partial charge in [-0.05, 0) is 36.5 Å². The standard InChI is InChI=1S/C14H19BrF2/c1-3-5-10(6-4-2)14(15)11-7-8-12(16)13(17)9-11/h7-10,14H,3-6H2,1-2H3. The van der Waals surface area contributed by atoms with E-state index in [9.17, 15) is 8.78 Å². The van der Waals surface area contributed by atoms with Gasteiger partial charge in [-0.15, -0.1) is 0 Å². The fourth-order valence-corrected chi connectivity index (χ4v) is 2.95. The average molecular weight is 305 g/mol. The molecular weight excluding hydrogens is 286 g/mol. The van der Waals surface area contributed by atoms with Gasteiger partial charge in [-0.1, -0.05) is 48.7 Å². The van der Waals surface area contributed by atoms with Crippen molar-refractivity contribution in [3.8, 4) is 0 Å². The van der Waals surface area contributed by atoms with E-state index < -0.39 is 11.6 Å². The molecule has 0 saturated heterocycles. The van der Waals surface area contributed by atoms with Gasteiger partial charge in [0.15, 0.2) is 11.6 Å². The van der Waals surface area contributed by atoms with Crippen molar-refractivity contribution in [3.05, 3.63) is 35.4 Å². The Morgan fingerprint density at radius 3 is 2.12 bits per heavy atom. The number of rotatable bonds is 6. The highest BCUT2D eigenvalue weighted by atomic mass is 79.9. The Labute approximate surface area is 111 Å². The van der Waals surface area contributed by atoms with Gasteiger partial charge in [0.2, 0.25) is 0 Å². The monoisotopic (exact) mass is 304 g/mol. The molecule has 0 aliphatic rings. The van der Waals surface area contributed by atoms with Crippen LogP contribution in [0.5, 0.6) is 0 Å². The predicted molar refractivity (Wildman–Crippen MR) is 71.3 cm³/mol. The van der Waals surface area contributed by atoms with Crippen molar-refractivity contribution in [1.82, 2.24) is 0 Å². The molecule has 0 N–H and O–H groups in total. The SMILES string of the molecule is CCCC(CCC)C(Br)c1ccc(F)c(F)c1. The van der Waals surface area contributed by atoms with Crippen molar-refractivity contribution >= 4 is 15.9 Å². The summed E-state index contributed by atoms with van der Waals surface area (Å²) >= 11 is 3.62. The van der Waals surface area contributed by atoms with E-state index in [1.807, 2.05) is 0 Å². The van der Waals surface area contributed by atoms with E-state index in [4.69, 9.17) is 0 Å². The minimum atomic E-state index is -0.781. The molecule has 3 heteroatoms. The van der Waals surface area contributed by atoms with Crippen molar-refractivity contribution in [3.63, 3.8) is 0 Å². The number of hydrogen-bond donors (Lipinski definition) is 0. The van der Waals surface area contributed by atoms with Crippen LogP contribution in [0, 0.1) is 17.6 Å². The maximum Gasteiger partial charge on any atom is 0.159 e. The van der Waals surface area contributed by atoms with Crippen LogP contribution in [0.25, 0.3) is 0 Å². The second-order valence-corrected chi connectivity index (χ2v) is 5.40. The Morgan fingerprint density at radius 1 is 1.06 bits per heavy atom. The van der Waals surface area contributed by atoms with Gasteiger partial charge < -0.3 is 0 Å². The number of alkyl halides is 1. The van der Waals surface area contributed by atoms with Crippen LogP contribution in [0.1, 0.15) is 49.9 Å². The summed E-state index contributed by atoms with van der Waals surface area (Å²) < 4.78 is 26.0. The Kier molecular flexibility index (Phi) is 6.10. The number of hydrogen-bond acceptors (Lipinski definition) is 0. The third-order valence-electron chi connectivity index (χ3n) is 2.99. The molecule has 0 heterocycles. The molecule has 0 radical (unpaired) electrons. The summed E-state index contributed by atoms with van der Waals surface area (Å²) in [4.78, 5) is 0.109. The number of halogens is 3. The van der Waals surface area contributed by atoms with E-state index in [-0.39, 0.29) is 4.83 Å². The van der Waals surface area contributed by atoms with Gasteiger partial charge in [0.05, 0.1) is 0 Å². The smallest absolute Gasteiger partial charge is 0.159 e. The van der Waals surface area contributed by atoms with E-state index in [0.717, 1.165) is 31.2 Å². The van der Waals surface area contributed by atoms with Crippen molar-refractivity contribution < 1.29 is 8.78 Å². The molecule has 0 saturated carbocycles. The minimum Gasteiger partial charge on any atom is -0.204 e. The average Bonchev–Trinajstić information content (AvgIpc) is 2.31. The summed E-state index contributed by atoms with van der Waals surface area (Å²) in [6.07, 6.45) is 4.42. The van der Waals surface area contributed by atoms with Crippen LogP contribution in [0.15, 0.2) is 18.2 Å². The molecule has 1 unspecified atom stereocenters. The fraction of sp³-hybridized carbons (Fsp3) is 0.571. The lowest BCUT2D eigenvalue weighted by Gasteiger charge is -2.22. The van der Waals surface area contributed by atoms with Gasteiger partial charge in [-0.3, -0.25) is 0 Å². The maximum absolute atomic E-state index is 13.2. The second kappa shape index (κ2) is 7.10. The van der Waals surface area contributed by atoms with Gasteiger partial charge in [0.1, 0.15) is 0 Å². The molecule has 96 valence electrons. The van der Waals surface area contributed by atoms with Crippen molar-refractivity contribution in [1.29, 1.82) is 0 Å². The van der Waals surface area contributed by atoms with E-state index in [1.54, 1.807) is 6.07 Å². The lowest BCUT2D eigenvalue weighted by Crippen LogP contribution is -2.08. The zero-order chi connectivity index (χ0) is 12.8. The van der Waals surface area contributed by atoms with Gasteiger partial charge in [-0.2, -0.15) is 0 Å². The Bertz CT molecular complexity index is 346. The second-order valence-electron chi connectivity index (χ2n) is 4.41. The molecule has 0 aliphatic heterocycles. The third-order valence-corrected chi connectivity index (χ3v) is 4.27. The van der Waals surface area contributed by atoms with E-state index in [1.165, 1.54) is 12.1 Å². The Morgan fingerprint density at radius 2 is 1.65 bits per heavy atom. The molecule has 0 spiro atoms. The predicted octanol–water partition coefficient (Wildman–Crippen LogP) is 5.62. The van der Waals surface area contributed by atoms with Crippen molar-refractivity contribution in [2.24, 2.45) is 5.92 Å². The van der Waals surface area contributed by atoms with Crippen molar-refractivity contribution in [2.75, 3.05) is 0 Å². The maximum atomic E-state index is 13.2. The van der Waals surface area contributed by atoms with Crippen LogP contribution in [-0.4, -0.2) is 0 Å². The highest BCUT2D eigenvalue weighted by molar-refractivity contribution is 9.09. The summed E-state index contributed by atoms with van der Waals surface area (Å²) in [5.74, 6) is -1.07. The summed E-state index contributed by atoms with van der Waals surface area (Å²) in [6.45, 7) is 4.29. The first-order valence-corrected chi connectivity index (χ1v) is 7.10. The molecule has 0 aromatic heterocycles. The number of benzene rings is 1. The van der Waals surface area contributed by atoms with Crippen LogP contribution >= 0.6 is 15.9 Å². The summed E-state index contributed by atoms with van der Waals surface area (Å²) in [6, 6.07) is 4.16. The van der Waals surface area contributed by atoms with E-state index >= 15 is 0 Å². The molecular formula is C14H19BrF2. The lowest BCUT2D eigenvalue weighted by atomic mass is 9.91. The van der Waals surface area contributed by atoms with Gasteiger partial charge in [-0.25, -0.2) is 8.78 Å². The Hall–Kier alpha value is -0.440. The molecule has 0 amide bonds. The molecule has 0 nitrogen and oxygen atoms in total. The normalized spacial score (nSPS) is 13.1. The molecule has 0 bridgehead atoms. The van der Waals surface area contributed by atoms with Gasteiger partial charge >= 0.3 is 0 Å². The first-order chi connectivity index (χ1) is 8.10. The van der Waals surface area contributed by atoms with Crippen LogP contribution in [-0.2, 0) is 0 Å². The summed E-state index contributed by atoms with van der Waals surface area (Å²) in [5.41, 5.74) is 0.829. The van der Waals surface area contributed by atoms with Gasteiger partial charge in [0.25, 0.3) is 0 Å². The topological polar surface area (TPSA) is 0 Å². The molecule has 1 aromatic carbocycles. The molecule has 1 aromatic rings. The van der Waals surface area contributed by atoms with E-state index in [0.29, 0.717) is 5.92 Å². The van der Waals surface area contributed by atoms with E-state index in [2.05, 4.69) is 29.8 Å². The zero-order valence-electron chi connectivity index (χ0n) is 10.3. The van der Waals surface area contributed by atoms with Gasteiger partial charge in [0, 0.05) is 4.83 Å². The Balaban J connectivity index is 2.84. The lowest BCUT2D eigenvalue weighted by molar-refractivity contribution is 0.432. The van der Waals surface area contributed by atoms with Crippen LogP contribution in [0.3, 0.4) is 0 Å². The quantitative estimate of drug-likeness (QED) is 0.599. The zero-order valence-corrected chi connectivity index (χ0v) is 11.9. The largest absolute Gasteiger partial charge is 0.204 e. The van der Waals surface area contributed by atoms with Crippen molar-refractivity contribution in [2.45, 2.75) is 44.4 Å². The molecule has 17 heavy (non-hydrogen) atoms. The molecule has 0 aliphatic carbocycles. The third kappa shape index (κ3) is 4.06. The molecule has 0 fully saturated rings. The molecule has 1 atom stereocenters. The highest BCUT2D eigenvalue weighted by Crippen LogP contribution is 2.37. The summed E-state index contributed by atoms with van der Waals surface area (Å²) in [5, 5.41) is 0. The fourth-order valence-electron chi connectivity index (χ4n) is 2.13. The first kappa shape index (κ1) is 14.6.